The van der Waals surface area contributed by atoms with Crippen molar-refractivity contribution >= 4 is 15.9 Å². The van der Waals surface area contributed by atoms with Crippen molar-refractivity contribution in [3.05, 3.63) is 34.3 Å². The van der Waals surface area contributed by atoms with Crippen LogP contribution in [-0.4, -0.2) is 37.2 Å². The molecule has 2 N–H and O–H groups in total. The maximum Gasteiger partial charge on any atom is 0.0702 e. The summed E-state index contributed by atoms with van der Waals surface area (Å²) in [6.07, 6.45) is 2.69. The summed E-state index contributed by atoms with van der Waals surface area (Å²) in [6, 6.07) is 8.60. The fourth-order valence-corrected chi connectivity index (χ4v) is 3.38. The number of nitrogens with two attached hydrogens (primary N) is 1. The van der Waals surface area contributed by atoms with Crippen LogP contribution >= 0.6 is 15.9 Å². The van der Waals surface area contributed by atoms with Crippen molar-refractivity contribution < 1.29 is 4.74 Å². The van der Waals surface area contributed by atoms with Crippen molar-refractivity contribution in [2.45, 2.75) is 38.0 Å². The molecule has 1 heterocycles. The van der Waals surface area contributed by atoms with Gasteiger partial charge >= 0.3 is 0 Å². The van der Waals surface area contributed by atoms with Crippen molar-refractivity contribution in [2.75, 3.05) is 20.2 Å². The topological polar surface area (TPSA) is 38.5 Å². The van der Waals surface area contributed by atoms with Crippen LogP contribution in [0.2, 0.25) is 0 Å². The molecule has 4 heteroatoms. The molecule has 1 aromatic rings. The minimum atomic E-state index is 0.0742. The molecule has 3 nitrogen and oxygen atoms in total. The van der Waals surface area contributed by atoms with E-state index in [1.807, 2.05) is 6.07 Å². The van der Waals surface area contributed by atoms with Crippen LogP contribution in [0.15, 0.2) is 28.7 Å². The lowest BCUT2D eigenvalue weighted by molar-refractivity contribution is 0.0641. The Morgan fingerprint density at radius 3 is 2.79 bits per heavy atom. The highest BCUT2D eigenvalue weighted by molar-refractivity contribution is 9.10. The number of benzene rings is 1. The van der Waals surface area contributed by atoms with E-state index in [2.05, 4.69) is 53.0 Å². The largest absolute Gasteiger partial charge is 0.377 e. The van der Waals surface area contributed by atoms with Gasteiger partial charge in [0.25, 0.3) is 0 Å². The third kappa shape index (κ3) is 3.78. The van der Waals surface area contributed by atoms with Crippen LogP contribution in [0.1, 0.15) is 31.4 Å². The number of hydrogen-bond donors (Lipinski definition) is 1. The molecule has 1 aromatic carbocycles. The molecule has 106 valence electrons. The van der Waals surface area contributed by atoms with Crippen LogP contribution in [0.5, 0.6) is 0 Å². The molecule has 0 saturated carbocycles. The second-order valence-electron chi connectivity index (χ2n) is 5.40. The quantitative estimate of drug-likeness (QED) is 0.904. The number of rotatable bonds is 5. The highest BCUT2D eigenvalue weighted by atomic mass is 79.9. The lowest BCUT2D eigenvalue weighted by Gasteiger charge is -2.33. The first kappa shape index (κ1) is 15.0. The molecule has 0 bridgehead atoms. The predicted molar refractivity (Wildman–Crippen MR) is 82.1 cm³/mol. The zero-order chi connectivity index (χ0) is 13.8. The van der Waals surface area contributed by atoms with Gasteiger partial charge in [-0.05, 0) is 38.4 Å². The van der Waals surface area contributed by atoms with Gasteiger partial charge in [-0.1, -0.05) is 34.1 Å². The summed E-state index contributed by atoms with van der Waals surface area (Å²) in [5.74, 6) is 0. The average Bonchev–Trinajstić information content (AvgIpc) is 2.84. The lowest BCUT2D eigenvalue weighted by atomic mass is 9.99. The number of nitrogens with zero attached hydrogens (tertiary/aromatic N) is 1. The molecule has 3 atom stereocenters. The van der Waals surface area contributed by atoms with E-state index in [4.69, 9.17) is 10.5 Å². The van der Waals surface area contributed by atoms with Gasteiger partial charge in [-0.15, -0.1) is 0 Å². The minimum Gasteiger partial charge on any atom is -0.377 e. The Labute approximate surface area is 124 Å². The van der Waals surface area contributed by atoms with E-state index in [0.29, 0.717) is 6.10 Å². The molecule has 19 heavy (non-hydrogen) atoms. The van der Waals surface area contributed by atoms with Crippen LogP contribution < -0.4 is 5.73 Å². The molecule has 1 fully saturated rings. The molecule has 0 amide bonds. The van der Waals surface area contributed by atoms with E-state index < -0.39 is 0 Å². The summed E-state index contributed by atoms with van der Waals surface area (Å²) < 4.78 is 6.85. The Morgan fingerprint density at radius 2 is 2.21 bits per heavy atom. The van der Waals surface area contributed by atoms with Gasteiger partial charge in [-0.25, -0.2) is 0 Å². The molecule has 1 aliphatic heterocycles. The van der Waals surface area contributed by atoms with Crippen LogP contribution in [0.4, 0.5) is 0 Å². The average molecular weight is 327 g/mol. The number of likely N-dealkylation sites (N-methyl/N-ethyl adjacent to an activating group) is 1. The Bertz CT molecular complexity index is 405. The van der Waals surface area contributed by atoms with E-state index in [1.165, 1.54) is 12.0 Å². The lowest BCUT2D eigenvalue weighted by Crippen LogP contribution is -2.40. The van der Waals surface area contributed by atoms with Crippen LogP contribution in [0.25, 0.3) is 0 Å². The number of hydrogen-bond acceptors (Lipinski definition) is 3. The van der Waals surface area contributed by atoms with Crippen molar-refractivity contribution in [1.82, 2.24) is 4.90 Å². The molecule has 3 unspecified atom stereocenters. The first-order chi connectivity index (χ1) is 9.09. The molecule has 1 saturated heterocycles. The summed E-state index contributed by atoms with van der Waals surface area (Å²) in [5.41, 5.74) is 7.46. The minimum absolute atomic E-state index is 0.0742. The van der Waals surface area contributed by atoms with Gasteiger partial charge in [0, 0.05) is 23.7 Å². The van der Waals surface area contributed by atoms with Crippen molar-refractivity contribution in [2.24, 2.45) is 5.73 Å². The Morgan fingerprint density at radius 1 is 1.47 bits per heavy atom. The second kappa shape index (κ2) is 6.84. The highest BCUT2D eigenvalue weighted by Crippen LogP contribution is 2.29. The summed E-state index contributed by atoms with van der Waals surface area (Å²) in [5, 5.41) is 0. The van der Waals surface area contributed by atoms with Crippen molar-refractivity contribution in [3.63, 3.8) is 0 Å². The monoisotopic (exact) mass is 326 g/mol. The summed E-state index contributed by atoms with van der Waals surface area (Å²) in [6.45, 7) is 3.90. The number of ether oxygens (including phenoxy) is 1. The van der Waals surface area contributed by atoms with E-state index >= 15 is 0 Å². The highest BCUT2D eigenvalue weighted by Gasteiger charge is 2.26. The SMILES string of the molecule is CC(N)C(c1ccccc1Br)N(C)CC1CCCO1. The Balaban J connectivity index is 2.13. The van der Waals surface area contributed by atoms with E-state index in [-0.39, 0.29) is 12.1 Å². The van der Waals surface area contributed by atoms with Gasteiger partial charge in [-0.3, -0.25) is 4.90 Å². The molecular formula is C15H23BrN2O. The number of halogens is 1. The maximum atomic E-state index is 6.21. The first-order valence-electron chi connectivity index (χ1n) is 6.91. The molecule has 1 aliphatic rings. The van der Waals surface area contributed by atoms with E-state index in [9.17, 15) is 0 Å². The Hall–Kier alpha value is -0.420. The predicted octanol–water partition coefficient (Wildman–Crippen LogP) is 2.95. The normalized spacial score (nSPS) is 22.7. The smallest absolute Gasteiger partial charge is 0.0702 e. The van der Waals surface area contributed by atoms with E-state index in [1.54, 1.807) is 0 Å². The zero-order valence-electron chi connectivity index (χ0n) is 11.7. The molecule has 2 rings (SSSR count). The zero-order valence-corrected chi connectivity index (χ0v) is 13.3. The molecule has 0 radical (unpaired) electrons. The first-order valence-corrected chi connectivity index (χ1v) is 7.70. The van der Waals surface area contributed by atoms with Crippen LogP contribution in [0, 0.1) is 0 Å². The van der Waals surface area contributed by atoms with Crippen LogP contribution in [0.3, 0.4) is 0 Å². The fourth-order valence-electron chi connectivity index (χ4n) is 2.86. The van der Waals surface area contributed by atoms with Gasteiger partial charge in [-0.2, -0.15) is 0 Å². The third-order valence-corrected chi connectivity index (χ3v) is 4.43. The molecule has 0 aliphatic carbocycles. The van der Waals surface area contributed by atoms with Crippen molar-refractivity contribution in [3.8, 4) is 0 Å². The van der Waals surface area contributed by atoms with E-state index in [0.717, 1.165) is 24.0 Å². The van der Waals surface area contributed by atoms with Gasteiger partial charge in [0.2, 0.25) is 0 Å². The molecule has 0 spiro atoms. The summed E-state index contributed by atoms with van der Waals surface area (Å²) in [4.78, 5) is 2.32. The summed E-state index contributed by atoms with van der Waals surface area (Å²) in [7, 11) is 2.13. The summed E-state index contributed by atoms with van der Waals surface area (Å²) >= 11 is 3.63. The molecular weight excluding hydrogens is 304 g/mol. The second-order valence-corrected chi connectivity index (χ2v) is 6.25. The van der Waals surface area contributed by atoms with Gasteiger partial charge in [0.05, 0.1) is 12.1 Å². The fraction of sp³-hybridized carbons (Fsp3) is 0.600. The van der Waals surface area contributed by atoms with Crippen LogP contribution in [-0.2, 0) is 4.74 Å². The standard InChI is InChI=1S/C15H23BrN2O/c1-11(17)15(13-7-3-4-8-14(13)16)18(2)10-12-6-5-9-19-12/h3-4,7-8,11-12,15H,5-6,9-10,17H2,1-2H3. The molecule has 0 aromatic heterocycles. The third-order valence-electron chi connectivity index (χ3n) is 3.71. The van der Waals surface area contributed by atoms with Gasteiger partial charge in [0.1, 0.15) is 0 Å². The Kier molecular flexibility index (Phi) is 5.39. The van der Waals surface area contributed by atoms with Gasteiger partial charge in [0.15, 0.2) is 0 Å². The van der Waals surface area contributed by atoms with Gasteiger partial charge < -0.3 is 10.5 Å². The van der Waals surface area contributed by atoms with Crippen molar-refractivity contribution in [1.29, 1.82) is 0 Å². The maximum absolute atomic E-state index is 6.21.